The molecule has 2 aromatic carbocycles. The van der Waals surface area contributed by atoms with Gasteiger partial charge in [-0.1, -0.05) is 0 Å². The molecule has 0 radical (unpaired) electrons. The molecule has 0 amide bonds. The van der Waals surface area contributed by atoms with Gasteiger partial charge in [-0.25, -0.2) is 4.68 Å². The van der Waals surface area contributed by atoms with Crippen LogP contribution in [0.25, 0.3) is 10.9 Å². The Morgan fingerprint density at radius 2 is 1.95 bits per heavy atom. The second-order valence-electron chi connectivity index (χ2n) is 4.97. The van der Waals surface area contributed by atoms with Crippen LogP contribution in [0.5, 0.6) is 5.75 Å². The van der Waals surface area contributed by atoms with Crippen LogP contribution in [0.3, 0.4) is 0 Å². The first kappa shape index (κ1) is 14.1. The number of nitrogens with zero attached hydrogens (tertiary/aromatic N) is 2. The number of carbonyl (C=O) groups is 1. The maximum atomic E-state index is 11.5. The van der Waals surface area contributed by atoms with Gasteiger partial charge in [0.25, 0.3) is 0 Å². The minimum atomic E-state index is -0.199. The summed E-state index contributed by atoms with van der Waals surface area (Å²) in [6, 6.07) is 10.4. The fourth-order valence-electron chi connectivity index (χ4n) is 2.32. The molecule has 0 unspecified atom stereocenters. The van der Waals surface area contributed by atoms with Crippen molar-refractivity contribution in [2.75, 3.05) is 5.32 Å². The summed E-state index contributed by atoms with van der Waals surface area (Å²) in [6.07, 6.45) is 1.68. The van der Waals surface area contributed by atoms with Gasteiger partial charge in [-0.05, 0) is 43.3 Å². The number of anilines is 2. The van der Waals surface area contributed by atoms with E-state index in [-0.39, 0.29) is 23.8 Å². The number of ketones is 1. The number of rotatable bonds is 4. The Morgan fingerprint density at radius 3 is 2.68 bits per heavy atom. The molecule has 6 nitrogen and oxygen atoms in total. The van der Waals surface area contributed by atoms with Crippen molar-refractivity contribution in [3.05, 3.63) is 48.2 Å². The summed E-state index contributed by atoms with van der Waals surface area (Å²) < 4.78 is 1.48. The van der Waals surface area contributed by atoms with E-state index in [2.05, 4.69) is 10.4 Å². The molecular weight excluding hydrogens is 282 g/mol. The molecule has 0 aliphatic carbocycles. The highest BCUT2D eigenvalue weighted by Gasteiger charge is 2.08. The van der Waals surface area contributed by atoms with Crippen LogP contribution in [0.2, 0.25) is 0 Å². The van der Waals surface area contributed by atoms with E-state index in [1.807, 2.05) is 18.2 Å². The van der Waals surface area contributed by atoms with Crippen LogP contribution in [-0.2, 0) is 6.73 Å². The average molecular weight is 297 g/mol. The molecule has 0 bridgehead atoms. The lowest BCUT2D eigenvalue weighted by Gasteiger charge is -2.09. The molecule has 6 heteroatoms. The van der Waals surface area contributed by atoms with Gasteiger partial charge in [-0.3, -0.25) is 4.79 Å². The number of Topliss-reactive ketones (excluding diaryl/α,β-unsaturated/α-hetero) is 1. The molecule has 0 spiro atoms. The molecule has 3 N–H and O–H groups in total. The highest BCUT2D eigenvalue weighted by Crippen LogP contribution is 2.26. The molecule has 1 aromatic heterocycles. The first-order valence-corrected chi connectivity index (χ1v) is 6.76. The van der Waals surface area contributed by atoms with E-state index in [9.17, 15) is 15.0 Å². The Morgan fingerprint density at radius 1 is 1.23 bits per heavy atom. The van der Waals surface area contributed by atoms with Gasteiger partial charge in [-0.15, -0.1) is 0 Å². The zero-order chi connectivity index (χ0) is 15.7. The van der Waals surface area contributed by atoms with Gasteiger partial charge >= 0.3 is 0 Å². The molecule has 22 heavy (non-hydrogen) atoms. The van der Waals surface area contributed by atoms with Gasteiger partial charge in [0.2, 0.25) is 0 Å². The number of aromatic nitrogens is 2. The van der Waals surface area contributed by atoms with Crippen LogP contribution in [-0.4, -0.2) is 25.8 Å². The largest absolute Gasteiger partial charge is 0.507 e. The van der Waals surface area contributed by atoms with Gasteiger partial charge < -0.3 is 15.5 Å². The second-order valence-corrected chi connectivity index (χ2v) is 4.97. The summed E-state index contributed by atoms with van der Waals surface area (Å²) in [5.74, 6) is -0.234. The molecule has 0 saturated carbocycles. The Kier molecular flexibility index (Phi) is 3.52. The Labute approximate surface area is 126 Å². The maximum Gasteiger partial charge on any atom is 0.163 e. The molecule has 1 heterocycles. The van der Waals surface area contributed by atoms with E-state index >= 15 is 0 Å². The van der Waals surface area contributed by atoms with Crippen LogP contribution >= 0.6 is 0 Å². The van der Waals surface area contributed by atoms with Crippen molar-refractivity contribution in [1.82, 2.24) is 9.78 Å². The van der Waals surface area contributed by atoms with Crippen LogP contribution in [0, 0.1) is 0 Å². The molecular formula is C16H15N3O3. The molecule has 0 aliphatic heterocycles. The number of fused-ring (bicyclic) bond motifs is 1. The van der Waals surface area contributed by atoms with Crippen molar-refractivity contribution < 1.29 is 15.0 Å². The third-order valence-electron chi connectivity index (χ3n) is 3.44. The normalized spacial score (nSPS) is 10.8. The maximum absolute atomic E-state index is 11.5. The van der Waals surface area contributed by atoms with E-state index in [0.717, 1.165) is 16.6 Å². The smallest absolute Gasteiger partial charge is 0.163 e. The van der Waals surface area contributed by atoms with Crippen molar-refractivity contribution in [2.45, 2.75) is 13.7 Å². The van der Waals surface area contributed by atoms with Crippen LogP contribution in [0.1, 0.15) is 17.3 Å². The van der Waals surface area contributed by atoms with Crippen molar-refractivity contribution in [3.8, 4) is 5.75 Å². The van der Waals surface area contributed by atoms with E-state index in [1.165, 1.54) is 17.7 Å². The number of aliphatic hydroxyl groups excluding tert-OH is 1. The Hall–Kier alpha value is -2.86. The van der Waals surface area contributed by atoms with Crippen LogP contribution in [0.15, 0.2) is 42.6 Å². The van der Waals surface area contributed by atoms with E-state index in [1.54, 1.807) is 18.3 Å². The zero-order valence-corrected chi connectivity index (χ0v) is 11.9. The third kappa shape index (κ3) is 2.51. The summed E-state index contributed by atoms with van der Waals surface area (Å²) in [4.78, 5) is 11.5. The molecule has 0 atom stereocenters. The van der Waals surface area contributed by atoms with Crippen LogP contribution < -0.4 is 5.32 Å². The predicted molar refractivity (Wildman–Crippen MR) is 83.3 cm³/mol. The van der Waals surface area contributed by atoms with Crippen molar-refractivity contribution >= 4 is 28.1 Å². The summed E-state index contributed by atoms with van der Waals surface area (Å²) >= 11 is 0. The number of aliphatic hydroxyl groups is 1. The zero-order valence-electron chi connectivity index (χ0n) is 11.9. The van der Waals surface area contributed by atoms with Crippen molar-refractivity contribution in [2.24, 2.45) is 0 Å². The number of hydrogen-bond acceptors (Lipinski definition) is 5. The SMILES string of the molecule is CC(=O)c1cc(Nc2ccc3cnn(CO)c3c2)ccc1O. The number of carbonyl (C=O) groups excluding carboxylic acids is 1. The molecule has 3 aromatic rings. The molecule has 0 fully saturated rings. The minimum absolute atomic E-state index is 0.0353. The minimum Gasteiger partial charge on any atom is -0.507 e. The first-order chi connectivity index (χ1) is 10.6. The van der Waals surface area contributed by atoms with Crippen molar-refractivity contribution in [1.29, 1.82) is 0 Å². The van der Waals surface area contributed by atoms with E-state index in [0.29, 0.717) is 5.69 Å². The number of nitrogens with one attached hydrogen (secondary N) is 1. The third-order valence-corrected chi connectivity index (χ3v) is 3.44. The fourth-order valence-corrected chi connectivity index (χ4v) is 2.32. The van der Waals surface area contributed by atoms with Gasteiger partial charge in [0.05, 0.1) is 17.3 Å². The van der Waals surface area contributed by atoms with Crippen molar-refractivity contribution in [3.63, 3.8) is 0 Å². The Bertz CT molecular complexity index is 855. The lowest BCUT2D eigenvalue weighted by molar-refractivity contribution is 0.101. The molecule has 3 rings (SSSR count). The van der Waals surface area contributed by atoms with Gasteiger partial charge in [-0.2, -0.15) is 5.10 Å². The second kappa shape index (κ2) is 5.50. The first-order valence-electron chi connectivity index (χ1n) is 6.76. The average Bonchev–Trinajstić information content (AvgIpc) is 2.91. The molecule has 0 saturated heterocycles. The van der Waals surface area contributed by atoms with Gasteiger partial charge in [0.1, 0.15) is 12.5 Å². The van der Waals surface area contributed by atoms with Crippen LogP contribution in [0.4, 0.5) is 11.4 Å². The number of phenolic OH excluding ortho intramolecular Hbond substituents is 1. The summed E-state index contributed by atoms with van der Waals surface area (Å²) in [7, 11) is 0. The van der Waals surface area contributed by atoms with E-state index < -0.39 is 0 Å². The molecule has 0 aliphatic rings. The topological polar surface area (TPSA) is 87.4 Å². The lowest BCUT2D eigenvalue weighted by atomic mass is 10.1. The number of hydrogen-bond donors (Lipinski definition) is 3. The summed E-state index contributed by atoms with van der Waals surface area (Å²) in [5, 5.41) is 27.1. The molecule has 112 valence electrons. The standard InChI is InChI=1S/C16H15N3O3/c1-10(21)14-6-12(4-5-16(14)22)18-13-3-2-11-8-17-19(9-20)15(11)7-13/h2-8,18,20,22H,9H2,1H3. The summed E-state index contributed by atoms with van der Waals surface area (Å²) in [6.45, 7) is 1.21. The summed E-state index contributed by atoms with van der Waals surface area (Å²) in [5.41, 5.74) is 2.56. The fraction of sp³-hybridized carbons (Fsp3) is 0.125. The lowest BCUT2D eigenvalue weighted by Crippen LogP contribution is -1.99. The number of aromatic hydroxyl groups is 1. The highest BCUT2D eigenvalue weighted by atomic mass is 16.3. The highest BCUT2D eigenvalue weighted by molar-refractivity contribution is 5.97. The Balaban J connectivity index is 1.96. The monoisotopic (exact) mass is 297 g/mol. The van der Waals surface area contributed by atoms with Gasteiger partial charge in [0, 0.05) is 16.8 Å². The number of phenols is 1. The predicted octanol–water partition coefficient (Wildman–Crippen LogP) is 2.64. The van der Waals surface area contributed by atoms with E-state index in [4.69, 9.17) is 0 Å². The van der Waals surface area contributed by atoms with Gasteiger partial charge in [0.15, 0.2) is 5.78 Å². The quantitative estimate of drug-likeness (QED) is 0.509. The number of benzene rings is 2.